The molecule has 2 amide bonds. The number of imide groups is 1. The Morgan fingerprint density at radius 1 is 1.13 bits per heavy atom. The molecule has 2 aliphatic heterocycles. The average Bonchev–Trinajstić information content (AvgIpc) is 3.19. The van der Waals surface area contributed by atoms with E-state index in [2.05, 4.69) is 16.8 Å². The molecular weight excluding hydrogens is 374 g/mol. The van der Waals surface area contributed by atoms with E-state index in [0.717, 1.165) is 36.2 Å². The minimum atomic E-state index is -0.545. The van der Waals surface area contributed by atoms with Crippen molar-refractivity contribution in [3.63, 3.8) is 0 Å². The van der Waals surface area contributed by atoms with Gasteiger partial charge in [-0.15, -0.1) is 0 Å². The second-order valence-corrected chi connectivity index (χ2v) is 8.27. The van der Waals surface area contributed by atoms with Crippen LogP contribution in [0.1, 0.15) is 52.7 Å². The molecule has 30 heavy (non-hydrogen) atoms. The third-order valence-electron chi connectivity index (χ3n) is 6.28. The van der Waals surface area contributed by atoms with E-state index < -0.39 is 5.92 Å². The molecule has 5 heteroatoms. The van der Waals surface area contributed by atoms with Crippen molar-refractivity contribution in [3.8, 4) is 0 Å². The Bertz CT molecular complexity index is 998. The number of hydrogen-bond donors (Lipinski definition) is 0. The second kappa shape index (κ2) is 8.52. The smallest absolute Gasteiger partial charge is 0.265 e. The number of likely N-dealkylation sites (tertiary alicyclic amines) is 1. The minimum Gasteiger partial charge on any atom is -0.299 e. The number of benzene rings is 2. The summed E-state index contributed by atoms with van der Waals surface area (Å²) in [5.41, 5.74) is 3.98. The van der Waals surface area contributed by atoms with Crippen LogP contribution in [-0.4, -0.2) is 48.6 Å². The van der Waals surface area contributed by atoms with E-state index in [-0.39, 0.29) is 11.8 Å². The highest BCUT2D eigenvalue weighted by Gasteiger charge is 2.39. The molecule has 1 fully saturated rings. The van der Waals surface area contributed by atoms with Crippen molar-refractivity contribution in [2.24, 2.45) is 4.99 Å². The average molecular weight is 404 g/mol. The van der Waals surface area contributed by atoms with Gasteiger partial charge in [-0.25, -0.2) is 4.90 Å². The summed E-state index contributed by atoms with van der Waals surface area (Å²) in [5.74, 6) is -1.04. The predicted octanol–water partition coefficient (Wildman–Crippen LogP) is 4.13. The first kappa shape index (κ1) is 20.5. The summed E-state index contributed by atoms with van der Waals surface area (Å²) in [5, 5.41) is 0. The molecule has 0 aromatic heterocycles. The number of rotatable bonds is 5. The van der Waals surface area contributed by atoms with Crippen LogP contribution in [0.4, 0.5) is 5.69 Å². The van der Waals surface area contributed by atoms with Gasteiger partial charge in [0.25, 0.3) is 5.91 Å². The van der Waals surface area contributed by atoms with Gasteiger partial charge in [0, 0.05) is 17.8 Å². The lowest BCUT2D eigenvalue weighted by Crippen LogP contribution is -2.46. The molecule has 0 radical (unpaired) electrons. The van der Waals surface area contributed by atoms with Gasteiger partial charge in [-0.3, -0.25) is 19.5 Å². The fraction of sp³-hybridized carbons (Fsp3) is 0.400. The fourth-order valence-corrected chi connectivity index (χ4v) is 4.69. The van der Waals surface area contributed by atoms with Crippen molar-refractivity contribution in [3.05, 3.63) is 64.7 Å². The Balaban J connectivity index is 1.67. The molecule has 2 aromatic carbocycles. The maximum Gasteiger partial charge on any atom is 0.265 e. The summed E-state index contributed by atoms with van der Waals surface area (Å²) in [6.07, 6.45) is 4.11. The summed E-state index contributed by atoms with van der Waals surface area (Å²) in [6, 6.07) is 13.6. The van der Waals surface area contributed by atoms with Crippen molar-refractivity contribution < 1.29 is 9.59 Å². The van der Waals surface area contributed by atoms with Gasteiger partial charge >= 0.3 is 0 Å². The van der Waals surface area contributed by atoms with Gasteiger partial charge in [-0.2, -0.15) is 0 Å². The number of fused-ring (bicyclic) bond motifs is 1. The Morgan fingerprint density at radius 2 is 1.93 bits per heavy atom. The lowest BCUT2D eigenvalue weighted by molar-refractivity contribution is -0.118. The summed E-state index contributed by atoms with van der Waals surface area (Å²) in [6.45, 7) is 8.96. The normalized spacial score (nSPS) is 22.2. The van der Waals surface area contributed by atoms with Crippen LogP contribution in [0.25, 0.3) is 0 Å². The van der Waals surface area contributed by atoms with Crippen molar-refractivity contribution in [2.75, 3.05) is 24.5 Å². The highest BCUT2D eigenvalue weighted by molar-refractivity contribution is 6.29. The summed E-state index contributed by atoms with van der Waals surface area (Å²) in [7, 11) is 0. The molecule has 0 spiro atoms. The lowest BCUT2D eigenvalue weighted by Gasteiger charge is -2.32. The summed E-state index contributed by atoms with van der Waals surface area (Å²) >= 11 is 0. The van der Waals surface area contributed by atoms with Gasteiger partial charge in [0.15, 0.2) is 0 Å². The van der Waals surface area contributed by atoms with Crippen LogP contribution in [0.2, 0.25) is 0 Å². The molecule has 156 valence electrons. The maximum absolute atomic E-state index is 13.5. The molecular formula is C25H29N3O2. The molecule has 0 aliphatic carbocycles. The molecule has 2 atom stereocenters. The number of anilines is 1. The predicted molar refractivity (Wildman–Crippen MR) is 121 cm³/mol. The molecule has 0 N–H and O–H groups in total. The zero-order chi connectivity index (χ0) is 21.3. The van der Waals surface area contributed by atoms with E-state index in [1.807, 2.05) is 50.2 Å². The number of aliphatic imine (C=N–C) groups is 1. The number of likely N-dealkylation sites (N-methyl/N-ethyl adjacent to an activating group) is 1. The van der Waals surface area contributed by atoms with Crippen molar-refractivity contribution in [1.29, 1.82) is 0 Å². The van der Waals surface area contributed by atoms with Gasteiger partial charge < -0.3 is 0 Å². The Morgan fingerprint density at radius 3 is 2.70 bits per heavy atom. The zero-order valence-corrected chi connectivity index (χ0v) is 18.0. The molecule has 4 rings (SSSR count). The fourth-order valence-electron chi connectivity index (χ4n) is 4.69. The third kappa shape index (κ3) is 3.70. The number of aryl methyl sites for hydroxylation is 2. The zero-order valence-electron chi connectivity index (χ0n) is 18.0. The number of hydrogen-bond acceptors (Lipinski definition) is 4. The quantitative estimate of drug-likeness (QED) is 0.557. The van der Waals surface area contributed by atoms with E-state index in [0.29, 0.717) is 23.8 Å². The number of nitrogens with zero attached hydrogens (tertiary/aromatic N) is 3. The van der Waals surface area contributed by atoms with Gasteiger partial charge in [0.1, 0.15) is 0 Å². The van der Waals surface area contributed by atoms with Crippen LogP contribution in [0.3, 0.4) is 0 Å². The highest BCUT2D eigenvalue weighted by atomic mass is 16.2. The Kier molecular flexibility index (Phi) is 5.82. The highest BCUT2D eigenvalue weighted by Crippen LogP contribution is 2.33. The van der Waals surface area contributed by atoms with Crippen LogP contribution < -0.4 is 4.90 Å². The molecule has 5 nitrogen and oxygen atoms in total. The maximum atomic E-state index is 13.5. The number of amides is 2. The van der Waals surface area contributed by atoms with Gasteiger partial charge in [-0.05, 0) is 63.0 Å². The third-order valence-corrected chi connectivity index (χ3v) is 6.28. The monoisotopic (exact) mass is 403 g/mol. The van der Waals surface area contributed by atoms with Crippen molar-refractivity contribution in [1.82, 2.24) is 4.90 Å². The van der Waals surface area contributed by atoms with E-state index in [1.54, 1.807) is 12.3 Å². The van der Waals surface area contributed by atoms with E-state index in [9.17, 15) is 9.59 Å². The minimum absolute atomic E-state index is 0.229. The molecule has 2 aromatic rings. The Hall–Kier alpha value is -2.79. The molecule has 1 unspecified atom stereocenters. The van der Waals surface area contributed by atoms with Crippen molar-refractivity contribution in [2.45, 2.75) is 45.6 Å². The largest absolute Gasteiger partial charge is 0.299 e. The standard InChI is InChI=1S/C25H29N3O2/c1-4-27-13-7-8-19(27)15-26-16-22-20-9-5-6-10-21(20)24(29)28(25(22)30)23-12-11-17(2)14-18(23)3/h5-6,9-12,14,16,19,22H,4,7-8,13,15H2,1-3H3/t19-,22?/m1/s1. The topological polar surface area (TPSA) is 53.0 Å². The molecule has 1 saturated heterocycles. The SMILES string of the molecule is CCN1CCC[C@@H]1CN=CC1C(=O)N(c2ccc(C)cc2C)C(=O)c2ccccc21. The van der Waals surface area contributed by atoms with Gasteiger partial charge in [0.2, 0.25) is 5.91 Å². The van der Waals surface area contributed by atoms with Crippen LogP contribution in [0.15, 0.2) is 47.5 Å². The van der Waals surface area contributed by atoms with E-state index >= 15 is 0 Å². The number of carbonyl (C=O) groups is 2. The van der Waals surface area contributed by atoms with E-state index in [4.69, 9.17) is 0 Å². The lowest BCUT2D eigenvalue weighted by atomic mass is 9.88. The first-order valence-electron chi connectivity index (χ1n) is 10.8. The first-order chi connectivity index (χ1) is 14.5. The van der Waals surface area contributed by atoms with Gasteiger partial charge in [0.05, 0.1) is 18.2 Å². The van der Waals surface area contributed by atoms with E-state index in [1.165, 1.54) is 11.3 Å². The molecule has 2 heterocycles. The second-order valence-electron chi connectivity index (χ2n) is 8.27. The first-order valence-corrected chi connectivity index (χ1v) is 10.8. The van der Waals surface area contributed by atoms with Crippen LogP contribution in [-0.2, 0) is 4.79 Å². The summed E-state index contributed by atoms with van der Waals surface area (Å²) in [4.78, 5) is 35.2. The van der Waals surface area contributed by atoms with Crippen LogP contribution in [0, 0.1) is 13.8 Å². The van der Waals surface area contributed by atoms with Gasteiger partial charge in [-0.1, -0.05) is 42.8 Å². The number of carbonyl (C=O) groups excluding carboxylic acids is 2. The molecule has 2 aliphatic rings. The molecule has 0 bridgehead atoms. The van der Waals surface area contributed by atoms with Crippen molar-refractivity contribution >= 4 is 23.7 Å². The van der Waals surface area contributed by atoms with Crippen LogP contribution in [0.5, 0.6) is 0 Å². The Labute approximate surface area is 178 Å². The van der Waals surface area contributed by atoms with Crippen LogP contribution >= 0.6 is 0 Å². The summed E-state index contributed by atoms with van der Waals surface area (Å²) < 4.78 is 0. The molecule has 0 saturated carbocycles.